The molecule has 1 unspecified atom stereocenters. The Morgan fingerprint density at radius 1 is 1.27 bits per heavy atom. The van der Waals surface area contributed by atoms with E-state index in [1.165, 1.54) is 23.0 Å². The van der Waals surface area contributed by atoms with E-state index in [9.17, 15) is 22.7 Å². The van der Waals surface area contributed by atoms with Gasteiger partial charge in [-0.15, -0.1) is 0 Å². The molecule has 3 aromatic rings. The average Bonchev–Trinajstić information content (AvgIpc) is 3.33. The highest BCUT2D eigenvalue weighted by atomic mass is 32.2. The zero-order valence-electron chi connectivity index (χ0n) is 18.6. The number of aryl methyl sites for hydroxylation is 1. The summed E-state index contributed by atoms with van der Waals surface area (Å²) >= 11 is 0. The van der Waals surface area contributed by atoms with Crippen LogP contribution in [0.25, 0.3) is 11.3 Å². The summed E-state index contributed by atoms with van der Waals surface area (Å²) in [6.07, 6.45) is 3.18. The van der Waals surface area contributed by atoms with Gasteiger partial charge in [0.25, 0.3) is 10.0 Å². The second-order valence-corrected chi connectivity index (χ2v) is 10.4. The Kier molecular flexibility index (Phi) is 6.59. The van der Waals surface area contributed by atoms with Gasteiger partial charge >= 0.3 is 6.09 Å². The predicted octanol–water partition coefficient (Wildman–Crippen LogP) is 3.51. The Morgan fingerprint density at radius 3 is 2.52 bits per heavy atom. The normalized spacial score (nSPS) is 13.2. The van der Waals surface area contributed by atoms with Crippen molar-refractivity contribution >= 4 is 16.1 Å². The topological polar surface area (TPSA) is 119 Å². The first-order valence-corrected chi connectivity index (χ1v) is 11.6. The molecule has 0 saturated carbocycles. The molecule has 0 aliphatic heterocycles. The average molecular weight is 482 g/mol. The van der Waals surface area contributed by atoms with Crippen LogP contribution in [-0.4, -0.2) is 44.4 Å². The third kappa shape index (κ3) is 4.90. The Bertz CT molecular complexity index is 1280. The summed E-state index contributed by atoms with van der Waals surface area (Å²) in [5.74, 6) is -2.02. The van der Waals surface area contributed by atoms with Crippen LogP contribution in [-0.2, 0) is 23.0 Å². The fourth-order valence-electron chi connectivity index (χ4n) is 3.35. The monoisotopic (exact) mass is 481 g/mol. The van der Waals surface area contributed by atoms with Gasteiger partial charge in [-0.25, -0.2) is 26.6 Å². The van der Waals surface area contributed by atoms with E-state index in [1.807, 2.05) is 0 Å². The molecule has 0 spiro atoms. The lowest BCUT2D eigenvalue weighted by atomic mass is 9.83. The molecule has 0 saturated heterocycles. The van der Waals surface area contributed by atoms with Gasteiger partial charge in [-0.05, 0) is 30.9 Å². The number of pyridine rings is 1. The number of carboxylic acid groups (broad SMARTS) is 1. The predicted molar refractivity (Wildman–Crippen MR) is 116 cm³/mol. The number of nitrogens with one attached hydrogen (secondary N) is 1. The minimum Gasteiger partial charge on any atom is -0.465 e. The van der Waals surface area contributed by atoms with Crippen molar-refractivity contribution < 1.29 is 27.1 Å². The Morgan fingerprint density at radius 2 is 1.97 bits per heavy atom. The number of halogens is 2. The van der Waals surface area contributed by atoms with Crippen LogP contribution in [0, 0.1) is 17.2 Å². The van der Waals surface area contributed by atoms with Crippen molar-refractivity contribution in [2.45, 2.75) is 51.6 Å². The molecule has 0 aliphatic carbocycles. The first kappa shape index (κ1) is 24.4. The highest BCUT2D eigenvalue weighted by molar-refractivity contribution is 7.90. The second-order valence-electron chi connectivity index (χ2n) is 8.56. The molecule has 3 heterocycles. The number of carbonyl (C=O) groups is 1. The van der Waals surface area contributed by atoms with Gasteiger partial charge in [-0.2, -0.15) is 9.49 Å². The van der Waals surface area contributed by atoms with Gasteiger partial charge in [0.05, 0.1) is 11.8 Å². The van der Waals surface area contributed by atoms with Crippen molar-refractivity contribution in [1.82, 2.24) is 24.1 Å². The number of rotatable bonds is 7. The molecule has 0 bridgehead atoms. The van der Waals surface area contributed by atoms with Gasteiger partial charge in [0, 0.05) is 36.7 Å². The van der Waals surface area contributed by atoms with E-state index in [0.29, 0.717) is 10.5 Å². The fourth-order valence-corrected chi connectivity index (χ4v) is 4.70. The van der Waals surface area contributed by atoms with E-state index in [2.05, 4.69) is 15.4 Å². The molecular formula is C21H25F2N5O4S. The summed E-state index contributed by atoms with van der Waals surface area (Å²) in [4.78, 5) is 14.6. The summed E-state index contributed by atoms with van der Waals surface area (Å²) in [5, 5.41) is 15.5. The lowest BCUT2D eigenvalue weighted by molar-refractivity contribution is 0.174. The van der Waals surface area contributed by atoms with Gasteiger partial charge in [0.2, 0.25) is 5.95 Å². The molecule has 0 radical (unpaired) electrons. The third-order valence-corrected chi connectivity index (χ3v) is 6.87. The van der Waals surface area contributed by atoms with E-state index in [1.54, 1.807) is 27.7 Å². The lowest BCUT2D eigenvalue weighted by Gasteiger charge is -2.30. The van der Waals surface area contributed by atoms with Crippen molar-refractivity contribution in [3.05, 3.63) is 54.2 Å². The van der Waals surface area contributed by atoms with Crippen molar-refractivity contribution in [2.24, 2.45) is 5.41 Å². The molecule has 33 heavy (non-hydrogen) atoms. The number of hydrogen-bond acceptors (Lipinski definition) is 5. The number of amides is 1. The molecule has 1 amide bonds. The highest BCUT2D eigenvalue weighted by Crippen LogP contribution is 2.34. The number of aromatic nitrogens is 4. The summed E-state index contributed by atoms with van der Waals surface area (Å²) in [7, 11) is -4.36. The standard InChI is InChI=1S/C21H25F2N5O4S/c1-5-27-12-14(10-25-27)33(31,32)28-11-13(9-16(21(2,3)4)26-20(29)30)17(22)18(28)15-7-6-8-24-19(15)23/h6-8,10-12,16,26H,5,9H2,1-4H3,(H,29,30). The van der Waals surface area contributed by atoms with Crippen molar-refractivity contribution in [1.29, 1.82) is 0 Å². The molecule has 2 N–H and O–H groups in total. The SMILES string of the molecule is CCn1cc(S(=O)(=O)n2cc(CC(NC(=O)O)C(C)(C)C)c(F)c2-c2cccnc2F)cn1. The van der Waals surface area contributed by atoms with Crippen LogP contribution in [0.5, 0.6) is 0 Å². The van der Waals surface area contributed by atoms with Crippen LogP contribution in [0.2, 0.25) is 0 Å². The summed E-state index contributed by atoms with van der Waals surface area (Å²) < 4.78 is 59.0. The van der Waals surface area contributed by atoms with Crippen LogP contribution in [0.15, 0.2) is 41.8 Å². The Labute approximate surface area is 190 Å². The minimum absolute atomic E-state index is 0.0895. The smallest absolute Gasteiger partial charge is 0.404 e. The summed E-state index contributed by atoms with van der Waals surface area (Å²) in [6.45, 7) is 7.48. The number of hydrogen-bond donors (Lipinski definition) is 2. The van der Waals surface area contributed by atoms with E-state index >= 15 is 4.39 Å². The van der Waals surface area contributed by atoms with Crippen LogP contribution in [0.4, 0.5) is 13.6 Å². The molecule has 3 aromatic heterocycles. The zero-order chi connectivity index (χ0) is 24.6. The van der Waals surface area contributed by atoms with Crippen LogP contribution >= 0.6 is 0 Å². The minimum atomic E-state index is -4.36. The van der Waals surface area contributed by atoms with Gasteiger partial charge < -0.3 is 10.4 Å². The second kappa shape index (κ2) is 8.93. The van der Waals surface area contributed by atoms with Crippen LogP contribution < -0.4 is 5.32 Å². The molecule has 0 fully saturated rings. The highest BCUT2D eigenvalue weighted by Gasteiger charge is 2.33. The van der Waals surface area contributed by atoms with Crippen LogP contribution in [0.1, 0.15) is 33.3 Å². The molecule has 0 aromatic carbocycles. The molecule has 0 aliphatic rings. The van der Waals surface area contributed by atoms with Gasteiger partial charge in [-0.1, -0.05) is 20.8 Å². The molecule has 1 atom stereocenters. The maximum atomic E-state index is 15.7. The molecular weight excluding hydrogens is 456 g/mol. The van der Waals surface area contributed by atoms with E-state index in [0.717, 1.165) is 18.6 Å². The van der Waals surface area contributed by atoms with E-state index in [-0.39, 0.29) is 22.4 Å². The molecule has 9 nitrogen and oxygen atoms in total. The zero-order valence-corrected chi connectivity index (χ0v) is 19.4. The largest absolute Gasteiger partial charge is 0.465 e. The summed E-state index contributed by atoms with van der Waals surface area (Å²) in [6, 6.07) is 1.83. The molecule has 12 heteroatoms. The van der Waals surface area contributed by atoms with Gasteiger partial charge in [0.15, 0.2) is 5.82 Å². The van der Waals surface area contributed by atoms with Crippen LogP contribution in [0.3, 0.4) is 0 Å². The van der Waals surface area contributed by atoms with Crippen molar-refractivity contribution in [3.8, 4) is 11.3 Å². The third-order valence-electron chi connectivity index (χ3n) is 5.26. The van der Waals surface area contributed by atoms with Gasteiger partial charge in [-0.3, -0.25) is 4.68 Å². The van der Waals surface area contributed by atoms with Crippen molar-refractivity contribution in [2.75, 3.05) is 0 Å². The Hall–Kier alpha value is -3.28. The molecule has 178 valence electrons. The maximum absolute atomic E-state index is 15.7. The molecule has 3 rings (SSSR count). The first-order chi connectivity index (χ1) is 15.4. The van der Waals surface area contributed by atoms with Crippen molar-refractivity contribution in [3.63, 3.8) is 0 Å². The summed E-state index contributed by atoms with van der Waals surface area (Å²) in [5.41, 5.74) is -1.57. The van der Waals surface area contributed by atoms with E-state index in [4.69, 9.17) is 0 Å². The maximum Gasteiger partial charge on any atom is 0.404 e. The van der Waals surface area contributed by atoms with E-state index < -0.39 is 45.0 Å². The number of nitrogens with zero attached hydrogens (tertiary/aromatic N) is 4. The Balaban J connectivity index is 2.22. The lowest BCUT2D eigenvalue weighted by Crippen LogP contribution is -2.44. The van der Waals surface area contributed by atoms with Gasteiger partial charge in [0.1, 0.15) is 10.6 Å². The quantitative estimate of drug-likeness (QED) is 0.499. The fraction of sp³-hybridized carbons (Fsp3) is 0.381. The first-order valence-electron chi connectivity index (χ1n) is 10.1.